The third kappa shape index (κ3) is 5.65. The van der Waals surface area contributed by atoms with Gasteiger partial charge in [-0.1, -0.05) is 52.8 Å². The van der Waals surface area contributed by atoms with Gasteiger partial charge < -0.3 is 0 Å². The van der Waals surface area contributed by atoms with E-state index in [9.17, 15) is 4.21 Å². The summed E-state index contributed by atoms with van der Waals surface area (Å²) in [5.41, 5.74) is 2.52. The van der Waals surface area contributed by atoms with Gasteiger partial charge in [0, 0.05) is 10.3 Å². The summed E-state index contributed by atoms with van der Waals surface area (Å²) < 4.78 is 13.4. The van der Waals surface area contributed by atoms with E-state index in [2.05, 4.69) is 29.5 Å². The summed E-state index contributed by atoms with van der Waals surface area (Å²) in [5, 5.41) is 1.94. The van der Waals surface area contributed by atoms with Gasteiger partial charge in [-0.2, -0.15) is 0 Å². The van der Waals surface area contributed by atoms with Gasteiger partial charge in [-0.15, -0.1) is 0 Å². The van der Waals surface area contributed by atoms with E-state index in [1.807, 2.05) is 36.6 Å². The van der Waals surface area contributed by atoms with Gasteiger partial charge in [-0.25, -0.2) is 4.21 Å². The molecule has 1 aromatic carbocycles. The molecule has 1 aromatic rings. The molecule has 0 spiro atoms. The van der Waals surface area contributed by atoms with Crippen molar-refractivity contribution in [3.63, 3.8) is 0 Å². The van der Waals surface area contributed by atoms with E-state index >= 15 is 0 Å². The van der Waals surface area contributed by atoms with Crippen molar-refractivity contribution in [2.45, 2.75) is 44.4 Å². The summed E-state index contributed by atoms with van der Waals surface area (Å²) in [6, 6.07) is 7.95. The molecule has 0 aliphatic heterocycles. The van der Waals surface area contributed by atoms with Crippen LogP contribution in [0.4, 0.5) is 0 Å². The van der Waals surface area contributed by atoms with Crippen LogP contribution in [0.5, 0.6) is 0 Å². The third-order valence-corrected chi connectivity index (χ3v) is 4.91. The molecule has 1 atom stereocenters. The Bertz CT molecular complexity index is 409. The van der Waals surface area contributed by atoms with Gasteiger partial charge in [-0.05, 0) is 49.2 Å². The normalized spacial score (nSPS) is 13.6. The Morgan fingerprint density at radius 3 is 2.50 bits per heavy atom. The molecular weight excluding hydrogens is 355 g/mol. The molecule has 0 aliphatic carbocycles. The van der Waals surface area contributed by atoms with E-state index < -0.39 is 10.8 Å². The van der Waals surface area contributed by atoms with E-state index in [1.54, 1.807) is 0 Å². The van der Waals surface area contributed by atoms with Gasteiger partial charge in [0.1, 0.15) is 0 Å². The lowest BCUT2D eigenvalue weighted by Crippen LogP contribution is -1.91. The monoisotopic (exact) mass is 376 g/mol. The molecule has 0 aliphatic rings. The van der Waals surface area contributed by atoms with Crippen LogP contribution in [0.1, 0.15) is 38.2 Å². The molecular formula is C15H21IOS. The van der Waals surface area contributed by atoms with Crippen LogP contribution in [0.2, 0.25) is 0 Å². The molecule has 1 unspecified atom stereocenters. The number of hydrogen-bond acceptors (Lipinski definition) is 1. The van der Waals surface area contributed by atoms with Crippen LogP contribution in [0.3, 0.4) is 0 Å². The van der Waals surface area contributed by atoms with E-state index in [0.29, 0.717) is 0 Å². The summed E-state index contributed by atoms with van der Waals surface area (Å²) >= 11 is 2.40. The standard InChI is InChI=1S/C15H21IOS/c1-3-14(6-4-5-11-16)12-18(17)15-9-7-13(2)8-10-15/h7-10,12H,3-6,11H2,1-2H3/b14-12+. The maximum Gasteiger partial charge on any atom is 0.0775 e. The molecule has 0 bridgehead atoms. The predicted molar refractivity (Wildman–Crippen MR) is 88.7 cm³/mol. The summed E-state index contributed by atoms with van der Waals surface area (Å²) in [4.78, 5) is 0.903. The van der Waals surface area contributed by atoms with Crippen molar-refractivity contribution < 1.29 is 4.21 Å². The fourth-order valence-corrected chi connectivity index (χ4v) is 3.32. The molecule has 0 saturated heterocycles. The Balaban J connectivity index is 2.67. The third-order valence-electron chi connectivity index (χ3n) is 2.86. The molecule has 0 amide bonds. The quantitative estimate of drug-likeness (QED) is 0.372. The van der Waals surface area contributed by atoms with Crippen molar-refractivity contribution in [3.8, 4) is 0 Å². The highest BCUT2D eigenvalue weighted by Crippen LogP contribution is 2.16. The van der Waals surface area contributed by atoms with Crippen molar-refractivity contribution in [2.24, 2.45) is 0 Å². The molecule has 1 rings (SSSR count). The highest BCUT2D eigenvalue weighted by molar-refractivity contribution is 14.1. The minimum atomic E-state index is -0.991. The second kappa shape index (κ2) is 8.86. The summed E-state index contributed by atoms with van der Waals surface area (Å²) in [7, 11) is -0.991. The van der Waals surface area contributed by atoms with Gasteiger partial charge in [0.15, 0.2) is 0 Å². The zero-order chi connectivity index (χ0) is 13.4. The molecule has 1 nitrogen and oxygen atoms in total. The lowest BCUT2D eigenvalue weighted by atomic mass is 10.1. The lowest BCUT2D eigenvalue weighted by molar-refractivity contribution is 0.687. The molecule has 0 N–H and O–H groups in total. The number of unbranched alkanes of at least 4 members (excludes halogenated alkanes) is 1. The Hall–Kier alpha value is -0.160. The fourth-order valence-electron chi connectivity index (χ4n) is 1.66. The van der Waals surface area contributed by atoms with Crippen molar-refractivity contribution in [2.75, 3.05) is 4.43 Å². The maximum absolute atomic E-state index is 12.2. The Kier molecular flexibility index (Phi) is 7.82. The fraction of sp³-hybridized carbons (Fsp3) is 0.467. The van der Waals surface area contributed by atoms with Crippen molar-refractivity contribution in [1.29, 1.82) is 0 Å². The van der Waals surface area contributed by atoms with Crippen molar-refractivity contribution in [3.05, 3.63) is 40.8 Å². The summed E-state index contributed by atoms with van der Waals surface area (Å²) in [5.74, 6) is 0. The van der Waals surface area contributed by atoms with E-state index in [0.717, 1.165) is 17.7 Å². The van der Waals surface area contributed by atoms with Crippen LogP contribution in [-0.4, -0.2) is 8.64 Å². The number of benzene rings is 1. The number of hydrogen-bond donors (Lipinski definition) is 0. The van der Waals surface area contributed by atoms with Crippen LogP contribution in [0, 0.1) is 6.92 Å². The first kappa shape index (κ1) is 15.9. The first-order valence-corrected chi connectivity index (χ1v) is 9.14. The molecule has 0 radical (unpaired) electrons. The first-order chi connectivity index (χ1) is 8.67. The van der Waals surface area contributed by atoms with Gasteiger partial charge in [0.25, 0.3) is 0 Å². The maximum atomic E-state index is 12.2. The largest absolute Gasteiger partial charge is 0.250 e. The Labute approximate surface area is 127 Å². The van der Waals surface area contributed by atoms with Crippen molar-refractivity contribution >= 4 is 33.4 Å². The average molecular weight is 376 g/mol. The minimum Gasteiger partial charge on any atom is -0.250 e. The zero-order valence-corrected chi connectivity index (χ0v) is 14.1. The summed E-state index contributed by atoms with van der Waals surface area (Å²) in [6.07, 6.45) is 4.53. The zero-order valence-electron chi connectivity index (χ0n) is 11.1. The van der Waals surface area contributed by atoms with Crippen LogP contribution >= 0.6 is 22.6 Å². The number of halogens is 1. The first-order valence-electron chi connectivity index (χ1n) is 6.40. The molecule has 18 heavy (non-hydrogen) atoms. The smallest absolute Gasteiger partial charge is 0.0775 e. The Morgan fingerprint density at radius 2 is 1.94 bits per heavy atom. The number of rotatable bonds is 7. The van der Waals surface area contributed by atoms with E-state index in [-0.39, 0.29) is 0 Å². The molecule has 0 aromatic heterocycles. The van der Waals surface area contributed by atoms with Crippen LogP contribution in [0.25, 0.3) is 0 Å². The van der Waals surface area contributed by atoms with Crippen LogP contribution in [-0.2, 0) is 10.8 Å². The second-order valence-electron chi connectivity index (χ2n) is 4.39. The minimum absolute atomic E-state index is 0.903. The number of allylic oxidation sites excluding steroid dienone is 1. The molecule has 0 heterocycles. The SMILES string of the molecule is CC/C(=C\S(=O)c1ccc(C)cc1)CCCCI. The average Bonchev–Trinajstić information content (AvgIpc) is 2.38. The Morgan fingerprint density at radius 1 is 1.28 bits per heavy atom. The highest BCUT2D eigenvalue weighted by Gasteiger charge is 2.02. The summed E-state index contributed by atoms with van der Waals surface area (Å²) in [6.45, 7) is 4.19. The highest BCUT2D eigenvalue weighted by atomic mass is 127. The lowest BCUT2D eigenvalue weighted by Gasteiger charge is -2.04. The molecule has 0 saturated carbocycles. The van der Waals surface area contributed by atoms with E-state index in [4.69, 9.17) is 0 Å². The van der Waals surface area contributed by atoms with Gasteiger partial charge in [0.05, 0.1) is 10.8 Å². The second-order valence-corrected chi connectivity index (χ2v) is 6.77. The van der Waals surface area contributed by atoms with E-state index in [1.165, 1.54) is 28.4 Å². The van der Waals surface area contributed by atoms with Gasteiger partial charge in [-0.3, -0.25) is 0 Å². The molecule has 3 heteroatoms. The topological polar surface area (TPSA) is 17.1 Å². The van der Waals surface area contributed by atoms with Crippen LogP contribution < -0.4 is 0 Å². The molecule has 100 valence electrons. The molecule has 0 fully saturated rings. The van der Waals surface area contributed by atoms with Crippen LogP contribution in [0.15, 0.2) is 40.1 Å². The predicted octanol–water partition coefficient (Wildman–Crippen LogP) is 5.00. The van der Waals surface area contributed by atoms with Gasteiger partial charge in [0.2, 0.25) is 0 Å². The number of alkyl halides is 1. The van der Waals surface area contributed by atoms with Gasteiger partial charge >= 0.3 is 0 Å². The van der Waals surface area contributed by atoms with Crippen molar-refractivity contribution in [1.82, 2.24) is 0 Å². The number of aryl methyl sites for hydroxylation is 1.